The Morgan fingerprint density at radius 3 is 2.50 bits per heavy atom. The average molecular weight is 466 g/mol. The molecule has 0 radical (unpaired) electrons. The summed E-state index contributed by atoms with van der Waals surface area (Å²) in [5.41, 5.74) is 4.19. The molecule has 1 unspecified atom stereocenters. The Hall–Kier alpha value is -3.29. The van der Waals surface area contributed by atoms with Crippen molar-refractivity contribution < 1.29 is 14.7 Å². The molecule has 1 aromatic heterocycles. The zero-order chi connectivity index (χ0) is 22.8. The number of amides is 1. The third-order valence-electron chi connectivity index (χ3n) is 4.94. The molecule has 0 aliphatic heterocycles. The number of anilines is 1. The second-order valence-electron chi connectivity index (χ2n) is 7.30. The van der Waals surface area contributed by atoms with Gasteiger partial charge in [0.05, 0.1) is 32.6 Å². The smallest absolute Gasteiger partial charge is 0.335 e. The predicted octanol–water partition coefficient (Wildman–Crippen LogP) is 5.80. The zero-order valence-corrected chi connectivity index (χ0v) is 18.9. The quantitative estimate of drug-likeness (QED) is 0.351. The SMILES string of the molecule is Cc1ccc(NC(=O)C(C)Sc2nc3ccccc3n2-c2ccc(C(=O)O)cc2)c(Cl)c1. The van der Waals surface area contributed by atoms with Gasteiger partial charge < -0.3 is 10.4 Å². The van der Waals surface area contributed by atoms with E-state index in [9.17, 15) is 14.7 Å². The number of carbonyl (C=O) groups excluding carboxylic acids is 1. The number of carboxylic acid groups (broad SMARTS) is 1. The fourth-order valence-corrected chi connectivity index (χ4v) is 4.48. The predicted molar refractivity (Wildman–Crippen MR) is 128 cm³/mol. The first-order chi connectivity index (χ1) is 15.3. The molecule has 1 heterocycles. The van der Waals surface area contributed by atoms with Gasteiger partial charge >= 0.3 is 5.97 Å². The number of nitrogens with zero attached hydrogens (tertiary/aromatic N) is 2. The van der Waals surface area contributed by atoms with E-state index in [4.69, 9.17) is 16.6 Å². The normalized spacial score (nSPS) is 12.0. The molecule has 4 aromatic rings. The number of para-hydroxylation sites is 2. The van der Waals surface area contributed by atoms with E-state index in [-0.39, 0.29) is 11.5 Å². The van der Waals surface area contributed by atoms with E-state index in [2.05, 4.69) is 5.32 Å². The first-order valence-electron chi connectivity index (χ1n) is 9.88. The van der Waals surface area contributed by atoms with Gasteiger partial charge in [-0.15, -0.1) is 0 Å². The van der Waals surface area contributed by atoms with E-state index >= 15 is 0 Å². The molecule has 0 spiro atoms. The van der Waals surface area contributed by atoms with Gasteiger partial charge in [-0.1, -0.05) is 41.6 Å². The minimum absolute atomic E-state index is 0.194. The van der Waals surface area contributed by atoms with Gasteiger partial charge in [-0.05, 0) is 67.9 Å². The van der Waals surface area contributed by atoms with Gasteiger partial charge in [0.25, 0.3) is 0 Å². The standard InChI is InChI=1S/C24H20ClN3O3S/c1-14-7-12-19(18(25)13-14)26-22(29)15(2)32-24-27-20-5-3-4-6-21(20)28(24)17-10-8-16(9-11-17)23(30)31/h3-13,15H,1-2H3,(H,26,29)(H,30,31). The topological polar surface area (TPSA) is 84.2 Å². The van der Waals surface area contributed by atoms with Crippen LogP contribution in [-0.4, -0.2) is 31.8 Å². The van der Waals surface area contributed by atoms with Crippen LogP contribution in [0.1, 0.15) is 22.8 Å². The third kappa shape index (κ3) is 4.49. The zero-order valence-electron chi connectivity index (χ0n) is 17.4. The van der Waals surface area contributed by atoms with Crippen molar-refractivity contribution in [3.8, 4) is 5.69 Å². The summed E-state index contributed by atoms with van der Waals surface area (Å²) >= 11 is 7.57. The van der Waals surface area contributed by atoms with Crippen molar-refractivity contribution in [2.75, 3.05) is 5.32 Å². The minimum Gasteiger partial charge on any atom is -0.478 e. The van der Waals surface area contributed by atoms with Crippen molar-refractivity contribution in [1.82, 2.24) is 9.55 Å². The first kappa shape index (κ1) is 21.9. The van der Waals surface area contributed by atoms with Crippen LogP contribution in [0.2, 0.25) is 5.02 Å². The highest BCUT2D eigenvalue weighted by molar-refractivity contribution is 8.00. The van der Waals surface area contributed by atoms with Crippen molar-refractivity contribution in [2.24, 2.45) is 0 Å². The molecule has 162 valence electrons. The summed E-state index contributed by atoms with van der Waals surface area (Å²) in [6, 6.07) is 19.7. The van der Waals surface area contributed by atoms with Gasteiger partial charge in [0, 0.05) is 5.69 Å². The fraction of sp³-hybridized carbons (Fsp3) is 0.125. The maximum Gasteiger partial charge on any atom is 0.335 e. The van der Waals surface area contributed by atoms with E-state index in [0.717, 1.165) is 22.3 Å². The molecule has 0 saturated carbocycles. The molecule has 0 fully saturated rings. The van der Waals surface area contributed by atoms with E-state index in [1.165, 1.54) is 11.8 Å². The van der Waals surface area contributed by atoms with Gasteiger partial charge in [-0.3, -0.25) is 9.36 Å². The number of fused-ring (bicyclic) bond motifs is 1. The van der Waals surface area contributed by atoms with E-state index in [1.807, 2.05) is 41.8 Å². The van der Waals surface area contributed by atoms with E-state index in [1.54, 1.807) is 43.3 Å². The molecule has 4 rings (SSSR count). The maximum absolute atomic E-state index is 12.8. The Morgan fingerprint density at radius 2 is 1.81 bits per heavy atom. The molecule has 2 N–H and O–H groups in total. The average Bonchev–Trinajstić information content (AvgIpc) is 3.13. The van der Waals surface area contributed by atoms with Gasteiger partial charge in [0.1, 0.15) is 0 Å². The van der Waals surface area contributed by atoms with Crippen LogP contribution in [0.15, 0.2) is 71.9 Å². The van der Waals surface area contributed by atoms with Crippen molar-refractivity contribution in [1.29, 1.82) is 0 Å². The molecule has 3 aromatic carbocycles. The molecule has 8 heteroatoms. The second-order valence-corrected chi connectivity index (χ2v) is 9.02. The molecule has 6 nitrogen and oxygen atoms in total. The summed E-state index contributed by atoms with van der Waals surface area (Å²) in [4.78, 5) is 28.8. The highest BCUT2D eigenvalue weighted by atomic mass is 35.5. The lowest BCUT2D eigenvalue weighted by atomic mass is 10.2. The molecule has 32 heavy (non-hydrogen) atoms. The Balaban J connectivity index is 1.64. The molecular weight excluding hydrogens is 446 g/mol. The number of thioether (sulfide) groups is 1. The summed E-state index contributed by atoms with van der Waals surface area (Å²) in [6.07, 6.45) is 0. The van der Waals surface area contributed by atoms with Crippen LogP contribution in [0, 0.1) is 6.92 Å². The lowest BCUT2D eigenvalue weighted by Crippen LogP contribution is -2.23. The summed E-state index contributed by atoms with van der Waals surface area (Å²) in [5, 5.41) is 12.7. The second kappa shape index (κ2) is 9.06. The number of carbonyl (C=O) groups is 2. The fourth-order valence-electron chi connectivity index (χ4n) is 3.25. The maximum atomic E-state index is 12.8. The largest absolute Gasteiger partial charge is 0.478 e. The van der Waals surface area contributed by atoms with Crippen LogP contribution in [0.3, 0.4) is 0 Å². The number of rotatable bonds is 6. The van der Waals surface area contributed by atoms with Crippen LogP contribution >= 0.6 is 23.4 Å². The van der Waals surface area contributed by atoms with Gasteiger partial charge in [0.15, 0.2) is 5.16 Å². The number of nitrogens with one attached hydrogen (secondary N) is 1. The molecule has 0 aliphatic rings. The number of halogens is 1. The van der Waals surface area contributed by atoms with Crippen LogP contribution in [0.25, 0.3) is 16.7 Å². The molecule has 0 aliphatic carbocycles. The first-order valence-corrected chi connectivity index (χ1v) is 11.1. The van der Waals surface area contributed by atoms with Crippen LogP contribution in [-0.2, 0) is 4.79 Å². The molecule has 1 atom stereocenters. The number of benzene rings is 3. The van der Waals surface area contributed by atoms with Crippen LogP contribution in [0.4, 0.5) is 5.69 Å². The van der Waals surface area contributed by atoms with Gasteiger partial charge in [-0.2, -0.15) is 0 Å². The van der Waals surface area contributed by atoms with Crippen molar-refractivity contribution in [3.63, 3.8) is 0 Å². The van der Waals surface area contributed by atoms with Gasteiger partial charge in [-0.25, -0.2) is 9.78 Å². The Morgan fingerprint density at radius 1 is 1.09 bits per heavy atom. The van der Waals surface area contributed by atoms with Gasteiger partial charge in [0.2, 0.25) is 5.91 Å². The molecular formula is C24H20ClN3O3S. The number of imidazole rings is 1. The lowest BCUT2D eigenvalue weighted by Gasteiger charge is -2.14. The van der Waals surface area contributed by atoms with Crippen molar-refractivity contribution in [2.45, 2.75) is 24.3 Å². The van der Waals surface area contributed by atoms with Crippen LogP contribution in [0.5, 0.6) is 0 Å². The van der Waals surface area contributed by atoms with E-state index < -0.39 is 11.2 Å². The number of aromatic nitrogens is 2. The summed E-state index contributed by atoms with van der Waals surface area (Å²) in [7, 11) is 0. The number of hydrogen-bond acceptors (Lipinski definition) is 4. The monoisotopic (exact) mass is 465 g/mol. The number of hydrogen-bond donors (Lipinski definition) is 2. The minimum atomic E-state index is -0.985. The van der Waals surface area contributed by atoms with Crippen molar-refractivity contribution in [3.05, 3.63) is 82.9 Å². The number of aromatic carboxylic acids is 1. The lowest BCUT2D eigenvalue weighted by molar-refractivity contribution is -0.115. The van der Waals surface area contributed by atoms with E-state index in [0.29, 0.717) is 15.9 Å². The summed E-state index contributed by atoms with van der Waals surface area (Å²) in [6.45, 7) is 3.74. The number of carboxylic acids is 1. The third-order valence-corrected chi connectivity index (χ3v) is 6.30. The van der Waals surface area contributed by atoms with Crippen molar-refractivity contribution >= 4 is 52.0 Å². The Bertz CT molecular complexity index is 1320. The molecule has 1 amide bonds. The van der Waals surface area contributed by atoms with Crippen LogP contribution < -0.4 is 5.32 Å². The highest BCUT2D eigenvalue weighted by Gasteiger charge is 2.21. The highest BCUT2D eigenvalue weighted by Crippen LogP contribution is 2.31. The summed E-state index contributed by atoms with van der Waals surface area (Å²) < 4.78 is 1.92. The Kier molecular flexibility index (Phi) is 6.21. The molecule has 0 saturated heterocycles. The summed E-state index contributed by atoms with van der Waals surface area (Å²) in [5.74, 6) is -1.18. The molecule has 0 bridgehead atoms. The number of aryl methyl sites for hydroxylation is 1. The Labute approximate surface area is 194 Å².